The van der Waals surface area contributed by atoms with Crippen LogP contribution >= 0.6 is 11.6 Å². The number of aryl methyl sites for hydroxylation is 1. The molecule has 0 saturated heterocycles. The first-order valence-electron chi connectivity index (χ1n) is 6.76. The molecule has 0 radical (unpaired) electrons. The standard InChI is InChI=1S/C16H18ClNO3S/c1-11-7-8-15(21-3)16(9-11)22(19,20)18-12(2)13-5-4-6-14(17)10-13/h4-10,12,18H,1-3H3/t12-/m0/s1. The van der Waals surface area contributed by atoms with Crippen LogP contribution in [0.3, 0.4) is 0 Å². The van der Waals surface area contributed by atoms with Gasteiger partial charge in [0.2, 0.25) is 10.0 Å². The molecule has 0 aliphatic carbocycles. The van der Waals surface area contributed by atoms with Crippen LogP contribution in [0.1, 0.15) is 24.1 Å². The SMILES string of the molecule is COc1ccc(C)cc1S(=O)(=O)N[C@@H](C)c1cccc(Cl)c1. The fourth-order valence-electron chi connectivity index (χ4n) is 2.13. The van der Waals surface area contributed by atoms with E-state index in [-0.39, 0.29) is 4.90 Å². The summed E-state index contributed by atoms with van der Waals surface area (Å²) in [6.45, 7) is 3.60. The molecule has 4 nitrogen and oxygen atoms in total. The van der Waals surface area contributed by atoms with Gasteiger partial charge in [0.15, 0.2) is 0 Å². The fourth-order valence-corrected chi connectivity index (χ4v) is 3.82. The van der Waals surface area contributed by atoms with Crippen molar-refractivity contribution < 1.29 is 13.2 Å². The van der Waals surface area contributed by atoms with Crippen LogP contribution in [0.25, 0.3) is 0 Å². The molecule has 2 aromatic carbocycles. The van der Waals surface area contributed by atoms with E-state index in [0.717, 1.165) is 11.1 Å². The summed E-state index contributed by atoms with van der Waals surface area (Å²) in [5, 5.41) is 0.566. The van der Waals surface area contributed by atoms with Gasteiger partial charge in [0.05, 0.1) is 7.11 Å². The van der Waals surface area contributed by atoms with Crippen LogP contribution < -0.4 is 9.46 Å². The van der Waals surface area contributed by atoms with Crippen molar-refractivity contribution in [3.63, 3.8) is 0 Å². The second kappa shape index (κ2) is 6.69. The van der Waals surface area contributed by atoms with Crippen molar-refractivity contribution in [3.05, 3.63) is 58.6 Å². The van der Waals surface area contributed by atoms with Gasteiger partial charge in [-0.15, -0.1) is 0 Å². The third-order valence-electron chi connectivity index (χ3n) is 3.29. The topological polar surface area (TPSA) is 55.4 Å². The van der Waals surface area contributed by atoms with E-state index in [1.807, 2.05) is 13.0 Å². The lowest BCUT2D eigenvalue weighted by atomic mass is 10.1. The minimum atomic E-state index is -3.70. The van der Waals surface area contributed by atoms with E-state index in [2.05, 4.69) is 4.72 Å². The zero-order valence-corrected chi connectivity index (χ0v) is 14.2. The van der Waals surface area contributed by atoms with Gasteiger partial charge in [-0.1, -0.05) is 29.8 Å². The lowest BCUT2D eigenvalue weighted by Crippen LogP contribution is -2.27. The van der Waals surface area contributed by atoms with Crippen LogP contribution in [-0.2, 0) is 10.0 Å². The highest BCUT2D eigenvalue weighted by Crippen LogP contribution is 2.26. The number of rotatable bonds is 5. The minimum absolute atomic E-state index is 0.129. The number of hydrogen-bond acceptors (Lipinski definition) is 3. The van der Waals surface area contributed by atoms with Gasteiger partial charge in [-0.3, -0.25) is 0 Å². The molecule has 0 saturated carbocycles. The van der Waals surface area contributed by atoms with Gasteiger partial charge in [0.25, 0.3) is 0 Å². The van der Waals surface area contributed by atoms with E-state index in [9.17, 15) is 8.42 Å². The molecule has 0 aliphatic rings. The summed E-state index contributed by atoms with van der Waals surface area (Å²) >= 11 is 5.95. The van der Waals surface area contributed by atoms with Crippen LogP contribution in [0.5, 0.6) is 5.75 Å². The number of ether oxygens (including phenoxy) is 1. The van der Waals surface area contributed by atoms with Crippen LogP contribution in [0.15, 0.2) is 47.4 Å². The van der Waals surface area contributed by atoms with E-state index in [4.69, 9.17) is 16.3 Å². The maximum absolute atomic E-state index is 12.6. The van der Waals surface area contributed by atoms with Crippen LogP contribution in [0.4, 0.5) is 0 Å². The van der Waals surface area contributed by atoms with Gasteiger partial charge in [0.1, 0.15) is 10.6 Å². The molecule has 2 aromatic rings. The molecule has 2 rings (SSSR count). The van der Waals surface area contributed by atoms with E-state index < -0.39 is 16.1 Å². The van der Waals surface area contributed by atoms with E-state index >= 15 is 0 Å². The Morgan fingerprint density at radius 3 is 2.55 bits per heavy atom. The molecule has 0 aromatic heterocycles. The molecular formula is C16H18ClNO3S. The van der Waals surface area contributed by atoms with Gasteiger partial charge >= 0.3 is 0 Å². The zero-order chi connectivity index (χ0) is 16.3. The Kier molecular flexibility index (Phi) is 5.11. The zero-order valence-electron chi connectivity index (χ0n) is 12.6. The number of benzene rings is 2. The Hall–Kier alpha value is -1.56. The maximum atomic E-state index is 12.6. The summed E-state index contributed by atoms with van der Waals surface area (Å²) in [5.41, 5.74) is 1.64. The van der Waals surface area contributed by atoms with Crippen molar-refractivity contribution in [1.29, 1.82) is 0 Å². The van der Waals surface area contributed by atoms with Crippen LogP contribution in [0, 0.1) is 6.92 Å². The lowest BCUT2D eigenvalue weighted by molar-refractivity contribution is 0.402. The van der Waals surface area contributed by atoms with Gasteiger partial charge in [-0.2, -0.15) is 0 Å². The smallest absolute Gasteiger partial charge is 0.244 e. The first kappa shape index (κ1) is 16.8. The predicted molar refractivity (Wildman–Crippen MR) is 87.9 cm³/mol. The first-order valence-corrected chi connectivity index (χ1v) is 8.62. The van der Waals surface area contributed by atoms with Crippen molar-refractivity contribution in [2.75, 3.05) is 7.11 Å². The second-order valence-corrected chi connectivity index (χ2v) is 7.17. The minimum Gasteiger partial charge on any atom is -0.495 e. The Labute approximate surface area is 136 Å². The average molecular weight is 340 g/mol. The summed E-state index contributed by atoms with van der Waals surface area (Å²) in [6, 6.07) is 11.7. The third kappa shape index (κ3) is 3.80. The molecule has 6 heteroatoms. The van der Waals surface area contributed by atoms with Crippen LogP contribution in [0.2, 0.25) is 5.02 Å². The number of nitrogens with one attached hydrogen (secondary N) is 1. The molecule has 0 fully saturated rings. The molecule has 22 heavy (non-hydrogen) atoms. The summed E-state index contributed by atoms with van der Waals surface area (Å²) in [6.07, 6.45) is 0. The largest absolute Gasteiger partial charge is 0.495 e. The summed E-state index contributed by atoms with van der Waals surface area (Å²) < 4.78 is 33.0. The molecule has 0 unspecified atom stereocenters. The van der Waals surface area contributed by atoms with Gasteiger partial charge < -0.3 is 4.74 Å². The molecule has 1 atom stereocenters. The van der Waals surface area contributed by atoms with Crippen molar-refractivity contribution in [3.8, 4) is 5.75 Å². The normalized spacial score (nSPS) is 12.9. The molecule has 0 heterocycles. The molecule has 0 amide bonds. The molecule has 0 aliphatic heterocycles. The van der Waals surface area contributed by atoms with Gasteiger partial charge in [-0.05, 0) is 49.2 Å². The predicted octanol–water partition coefficient (Wildman–Crippen LogP) is 3.70. The van der Waals surface area contributed by atoms with Gasteiger partial charge in [0, 0.05) is 11.1 Å². The number of sulfonamides is 1. The third-order valence-corrected chi connectivity index (χ3v) is 5.09. The summed E-state index contributed by atoms with van der Waals surface area (Å²) in [7, 11) is -2.26. The maximum Gasteiger partial charge on any atom is 0.244 e. The monoisotopic (exact) mass is 339 g/mol. The number of hydrogen-bond donors (Lipinski definition) is 1. The Morgan fingerprint density at radius 1 is 1.18 bits per heavy atom. The molecule has 0 spiro atoms. The molecular weight excluding hydrogens is 322 g/mol. The van der Waals surface area contributed by atoms with E-state index in [1.165, 1.54) is 7.11 Å². The van der Waals surface area contributed by atoms with Crippen molar-refractivity contribution in [1.82, 2.24) is 4.72 Å². The second-order valence-electron chi connectivity index (χ2n) is 5.05. The highest BCUT2D eigenvalue weighted by atomic mass is 35.5. The quantitative estimate of drug-likeness (QED) is 0.903. The summed E-state index contributed by atoms with van der Waals surface area (Å²) in [4.78, 5) is 0.129. The summed E-state index contributed by atoms with van der Waals surface area (Å²) in [5.74, 6) is 0.316. The number of methoxy groups -OCH3 is 1. The first-order chi connectivity index (χ1) is 10.3. The highest BCUT2D eigenvalue weighted by molar-refractivity contribution is 7.89. The molecule has 1 N–H and O–H groups in total. The Bertz CT molecular complexity index is 775. The highest BCUT2D eigenvalue weighted by Gasteiger charge is 2.22. The average Bonchev–Trinajstić information content (AvgIpc) is 2.46. The van der Waals surface area contributed by atoms with Gasteiger partial charge in [-0.25, -0.2) is 13.1 Å². The lowest BCUT2D eigenvalue weighted by Gasteiger charge is -2.17. The molecule has 118 valence electrons. The van der Waals surface area contributed by atoms with E-state index in [0.29, 0.717) is 10.8 Å². The van der Waals surface area contributed by atoms with E-state index in [1.54, 1.807) is 43.3 Å². The Morgan fingerprint density at radius 2 is 1.91 bits per heavy atom. The van der Waals surface area contributed by atoms with Crippen molar-refractivity contribution >= 4 is 21.6 Å². The van der Waals surface area contributed by atoms with Crippen molar-refractivity contribution in [2.45, 2.75) is 24.8 Å². The molecule has 0 bridgehead atoms. The number of halogens is 1. The fraction of sp³-hybridized carbons (Fsp3) is 0.250. The van der Waals surface area contributed by atoms with Crippen LogP contribution in [-0.4, -0.2) is 15.5 Å². The Balaban J connectivity index is 2.33. The van der Waals surface area contributed by atoms with Crippen molar-refractivity contribution in [2.24, 2.45) is 0 Å².